The van der Waals surface area contributed by atoms with Crippen molar-refractivity contribution in [2.24, 2.45) is 0 Å². The number of hydrogen-bond donors (Lipinski definition) is 0. The fraction of sp³-hybridized carbons (Fsp3) is 0.819. The second-order valence-electron chi connectivity index (χ2n) is 24.4. The van der Waals surface area contributed by atoms with Gasteiger partial charge in [-0.2, -0.15) is 0 Å². The van der Waals surface area contributed by atoms with E-state index in [2.05, 4.69) is 74.6 Å². The van der Waals surface area contributed by atoms with Gasteiger partial charge >= 0.3 is 11.9 Å². The van der Waals surface area contributed by atoms with Crippen molar-refractivity contribution in [3.63, 3.8) is 0 Å². The molecule has 0 aliphatic carbocycles. The summed E-state index contributed by atoms with van der Waals surface area (Å²) in [5.74, 6) is -2.28. The second kappa shape index (κ2) is 63.0. The molecule has 9 heteroatoms. The second-order valence-corrected chi connectivity index (χ2v) is 24.4. The first kappa shape index (κ1) is 78.0. The van der Waals surface area contributed by atoms with Gasteiger partial charge in [0.05, 0.1) is 40.3 Å². The molecule has 0 aliphatic rings. The predicted octanol–water partition coefficient (Wildman–Crippen LogP) is 19.8. The number of nitrogens with zero attached hydrogens (tertiary/aromatic N) is 1. The molecule has 0 aromatic carbocycles. The maximum absolute atomic E-state index is 12.9. The Balaban J connectivity index is 4.07. The summed E-state index contributed by atoms with van der Waals surface area (Å²) in [4.78, 5) is 37.4. The first-order valence-electron chi connectivity index (χ1n) is 34.4. The van der Waals surface area contributed by atoms with Crippen LogP contribution in [0, 0.1) is 0 Å². The van der Waals surface area contributed by atoms with Crippen LogP contribution < -0.4 is 5.11 Å². The molecule has 0 amide bonds. The van der Waals surface area contributed by atoms with Crippen molar-refractivity contribution < 1.29 is 42.9 Å². The SMILES string of the molecule is CC/C=C\C/C=C\C/C=C\C/C=C\C/C=C\CCCCCCCCCC(=O)OC(COC(=O)CCCCCCCCCCCCCCCCCCCCCCCCCCCCCCCCCCC)COC(OCC[N+](C)(C)C)C(=O)[O-]. The number of quaternary nitrogens is 1. The summed E-state index contributed by atoms with van der Waals surface area (Å²) < 4.78 is 22.8. The number of esters is 2. The molecule has 0 saturated heterocycles. The Bertz CT molecular complexity index is 1510. The van der Waals surface area contributed by atoms with Gasteiger partial charge in [-0.25, -0.2) is 0 Å². The molecule has 0 radical (unpaired) electrons. The van der Waals surface area contributed by atoms with Crippen molar-refractivity contribution in [3.05, 3.63) is 60.8 Å². The van der Waals surface area contributed by atoms with Crippen molar-refractivity contribution in [1.29, 1.82) is 0 Å². The highest BCUT2D eigenvalue weighted by atomic mass is 16.7. The molecule has 9 nitrogen and oxygen atoms in total. The number of likely N-dealkylation sites (N-methyl/N-ethyl adjacent to an activating group) is 1. The highest BCUT2D eigenvalue weighted by molar-refractivity contribution is 5.70. The van der Waals surface area contributed by atoms with Crippen LogP contribution in [0.15, 0.2) is 60.8 Å². The highest BCUT2D eigenvalue weighted by Crippen LogP contribution is 2.18. The molecule has 472 valence electrons. The molecule has 0 aromatic rings. The molecule has 0 bridgehead atoms. The summed E-state index contributed by atoms with van der Waals surface area (Å²) in [6.07, 6.45) is 78.8. The number of carboxylic acid groups (broad SMARTS) is 1. The number of aliphatic carboxylic acids is 1. The van der Waals surface area contributed by atoms with Crippen LogP contribution in [-0.4, -0.2) is 82.3 Å². The molecule has 0 aromatic heterocycles. The van der Waals surface area contributed by atoms with E-state index in [0.717, 1.165) is 77.0 Å². The number of rotatable bonds is 64. The van der Waals surface area contributed by atoms with Crippen molar-refractivity contribution >= 4 is 17.9 Å². The predicted molar refractivity (Wildman–Crippen MR) is 343 cm³/mol. The Morgan fingerprint density at radius 3 is 1.05 bits per heavy atom. The number of unbranched alkanes of at least 4 members (excludes halogenated alkanes) is 39. The maximum Gasteiger partial charge on any atom is 0.306 e. The lowest BCUT2D eigenvalue weighted by atomic mass is 10.0. The molecular weight excluding hydrogens is 1010 g/mol. The number of carboxylic acids is 1. The largest absolute Gasteiger partial charge is 0.545 e. The average molecular weight is 1140 g/mol. The first-order chi connectivity index (χ1) is 39.6. The van der Waals surface area contributed by atoms with E-state index in [1.54, 1.807) is 0 Å². The lowest BCUT2D eigenvalue weighted by Crippen LogP contribution is -2.44. The van der Waals surface area contributed by atoms with Crippen molar-refractivity contribution in [2.45, 2.75) is 334 Å². The van der Waals surface area contributed by atoms with Crippen LogP contribution in [0.1, 0.15) is 322 Å². The van der Waals surface area contributed by atoms with Gasteiger partial charge < -0.3 is 33.3 Å². The zero-order valence-electron chi connectivity index (χ0n) is 53.9. The molecular formula is C72H131NO8. The third-order valence-corrected chi connectivity index (χ3v) is 15.3. The zero-order valence-corrected chi connectivity index (χ0v) is 53.9. The summed E-state index contributed by atoms with van der Waals surface area (Å²) in [5, 5.41) is 11.8. The van der Waals surface area contributed by atoms with E-state index in [1.807, 2.05) is 21.1 Å². The molecule has 0 heterocycles. The number of carbonyl (C=O) groups excluding carboxylic acids is 3. The third kappa shape index (κ3) is 64.4. The van der Waals surface area contributed by atoms with Crippen molar-refractivity contribution in [3.8, 4) is 0 Å². The molecule has 2 unspecified atom stereocenters. The lowest BCUT2D eigenvalue weighted by molar-refractivity contribution is -0.870. The molecule has 0 spiro atoms. The van der Waals surface area contributed by atoms with Crippen LogP contribution in [0.4, 0.5) is 0 Å². The summed E-state index contributed by atoms with van der Waals surface area (Å²) in [6.45, 7) is 4.67. The Labute approximate surface area is 501 Å². The molecule has 0 fully saturated rings. The lowest BCUT2D eigenvalue weighted by Gasteiger charge is -2.26. The molecule has 2 atom stereocenters. The van der Waals surface area contributed by atoms with Gasteiger partial charge in [0.25, 0.3) is 0 Å². The van der Waals surface area contributed by atoms with Gasteiger partial charge in [-0.3, -0.25) is 9.59 Å². The Morgan fingerprint density at radius 1 is 0.383 bits per heavy atom. The van der Waals surface area contributed by atoms with Crippen molar-refractivity contribution in [2.75, 3.05) is 47.5 Å². The minimum absolute atomic E-state index is 0.144. The molecule has 81 heavy (non-hydrogen) atoms. The number of allylic oxidation sites excluding steroid dienone is 10. The van der Waals surface area contributed by atoms with Crippen LogP contribution in [0.2, 0.25) is 0 Å². The Kier molecular flexibility index (Phi) is 60.7. The normalized spacial score (nSPS) is 13.0. The van der Waals surface area contributed by atoms with Gasteiger partial charge in [-0.15, -0.1) is 0 Å². The summed E-state index contributed by atoms with van der Waals surface area (Å²) in [5.41, 5.74) is 0. The van der Waals surface area contributed by atoms with Gasteiger partial charge in [0.15, 0.2) is 12.4 Å². The first-order valence-corrected chi connectivity index (χ1v) is 34.4. The average Bonchev–Trinajstić information content (AvgIpc) is 3.44. The molecule has 0 aliphatic heterocycles. The van der Waals surface area contributed by atoms with Gasteiger partial charge in [0, 0.05) is 12.8 Å². The van der Waals surface area contributed by atoms with Crippen LogP contribution in [0.3, 0.4) is 0 Å². The van der Waals surface area contributed by atoms with E-state index in [-0.39, 0.29) is 32.2 Å². The van der Waals surface area contributed by atoms with Crippen LogP contribution in [0.25, 0.3) is 0 Å². The molecule has 0 rings (SSSR count). The Morgan fingerprint density at radius 2 is 0.704 bits per heavy atom. The quantitative estimate of drug-likeness (QED) is 0.0195. The maximum atomic E-state index is 12.9. The number of hydrogen-bond acceptors (Lipinski definition) is 8. The van der Waals surface area contributed by atoms with E-state index < -0.39 is 24.3 Å². The third-order valence-electron chi connectivity index (χ3n) is 15.3. The number of ether oxygens (including phenoxy) is 4. The summed E-state index contributed by atoms with van der Waals surface area (Å²) in [6, 6.07) is 0. The van der Waals surface area contributed by atoms with Crippen LogP contribution >= 0.6 is 0 Å². The topological polar surface area (TPSA) is 111 Å². The van der Waals surface area contributed by atoms with E-state index in [1.165, 1.54) is 212 Å². The molecule has 0 saturated carbocycles. The zero-order chi connectivity index (χ0) is 59.1. The van der Waals surface area contributed by atoms with Gasteiger partial charge in [0.1, 0.15) is 13.2 Å². The van der Waals surface area contributed by atoms with Crippen molar-refractivity contribution in [1.82, 2.24) is 0 Å². The van der Waals surface area contributed by atoms with Gasteiger partial charge in [-0.05, 0) is 57.8 Å². The van der Waals surface area contributed by atoms with E-state index in [0.29, 0.717) is 23.9 Å². The van der Waals surface area contributed by atoms with E-state index >= 15 is 0 Å². The van der Waals surface area contributed by atoms with E-state index in [9.17, 15) is 19.5 Å². The Hall–Kier alpha value is -3.01. The fourth-order valence-corrected chi connectivity index (χ4v) is 10.0. The summed E-state index contributed by atoms with van der Waals surface area (Å²) >= 11 is 0. The highest BCUT2D eigenvalue weighted by Gasteiger charge is 2.22. The van der Waals surface area contributed by atoms with Crippen LogP contribution in [-0.2, 0) is 33.3 Å². The smallest absolute Gasteiger partial charge is 0.306 e. The number of carbonyl (C=O) groups is 3. The van der Waals surface area contributed by atoms with Crippen LogP contribution in [0.5, 0.6) is 0 Å². The van der Waals surface area contributed by atoms with E-state index in [4.69, 9.17) is 18.9 Å². The van der Waals surface area contributed by atoms with Gasteiger partial charge in [0.2, 0.25) is 0 Å². The summed E-state index contributed by atoms with van der Waals surface area (Å²) in [7, 11) is 5.93. The minimum Gasteiger partial charge on any atom is -0.545 e. The minimum atomic E-state index is -1.63. The van der Waals surface area contributed by atoms with Gasteiger partial charge in [-0.1, -0.05) is 312 Å². The fourth-order valence-electron chi connectivity index (χ4n) is 10.0. The molecule has 0 N–H and O–H groups in total. The standard InChI is InChI=1S/C72H131NO8/c1-6-8-10-12-14-16-18-20-22-24-26-28-30-31-32-33-34-35-36-37-38-39-41-42-44-46-48-50-52-54-56-58-60-62-69(74)79-66-68(67-80-72(71(76)77)78-65-64-73(3,4)5)81-70(75)63-61-59-57-55-53-51-49-47-45-43-40-29-27-25-23-21-19-17-15-13-11-9-7-2/h9,11,15,17,21,23,27,29,43,45,68,72H,6-8,10,12-14,16,18-20,22,24-26,28,30-42,44,46-67H2,1-5H3/b11-9-,17-15-,23-21-,29-27-,45-43-. The monoisotopic (exact) mass is 1140 g/mol.